The summed E-state index contributed by atoms with van der Waals surface area (Å²) in [6, 6.07) is 7.15. The molecule has 2 aromatic rings. The predicted molar refractivity (Wildman–Crippen MR) is 73.3 cm³/mol. The second-order valence-electron chi connectivity index (χ2n) is 5.05. The molecule has 0 spiro atoms. The third-order valence-corrected chi connectivity index (χ3v) is 2.99. The van der Waals surface area contributed by atoms with E-state index < -0.39 is 5.60 Å². The van der Waals surface area contributed by atoms with Crippen LogP contribution < -0.4 is 4.74 Å². The summed E-state index contributed by atoms with van der Waals surface area (Å²) in [7, 11) is 1.94. The summed E-state index contributed by atoms with van der Waals surface area (Å²) in [6.45, 7) is 5.48. The Kier molecular flexibility index (Phi) is 3.42. The van der Waals surface area contributed by atoms with Crippen LogP contribution >= 0.6 is 0 Å². The average Bonchev–Trinajstić information content (AvgIpc) is 2.76. The molecule has 0 aliphatic rings. The van der Waals surface area contributed by atoms with E-state index in [2.05, 4.69) is 4.98 Å². The minimum absolute atomic E-state index is 0.0508. The van der Waals surface area contributed by atoms with Crippen molar-refractivity contribution in [2.45, 2.75) is 26.4 Å². The molecule has 0 amide bonds. The molecule has 0 saturated carbocycles. The van der Waals surface area contributed by atoms with E-state index in [1.165, 1.54) is 0 Å². The van der Waals surface area contributed by atoms with Crippen LogP contribution in [-0.2, 0) is 12.6 Å². The molecule has 0 aliphatic heterocycles. The lowest BCUT2D eigenvalue weighted by atomic mass is 10.1. The van der Waals surface area contributed by atoms with Crippen molar-refractivity contribution >= 4 is 5.78 Å². The van der Waals surface area contributed by atoms with E-state index in [1.54, 1.807) is 37.4 Å². The summed E-state index contributed by atoms with van der Waals surface area (Å²) in [5.41, 5.74) is 0.151. The Morgan fingerprint density at radius 2 is 1.89 bits per heavy atom. The van der Waals surface area contributed by atoms with Crippen molar-refractivity contribution in [3.05, 3.63) is 48.0 Å². The number of aryl methyl sites for hydroxylation is 1. The number of imidazole rings is 1. The van der Waals surface area contributed by atoms with Gasteiger partial charge in [0.1, 0.15) is 5.75 Å². The van der Waals surface area contributed by atoms with Gasteiger partial charge in [0, 0.05) is 25.0 Å². The normalized spacial score (nSPS) is 11.4. The number of nitrogens with zero attached hydrogens (tertiary/aromatic N) is 2. The Morgan fingerprint density at radius 3 is 2.37 bits per heavy atom. The summed E-state index contributed by atoms with van der Waals surface area (Å²) in [4.78, 5) is 15.5. The van der Waals surface area contributed by atoms with Crippen LogP contribution in [0, 0.1) is 0 Å². The molecule has 0 bridgehead atoms. The fourth-order valence-electron chi connectivity index (χ4n) is 2.04. The molecule has 0 unspecified atom stereocenters. The third kappa shape index (κ3) is 2.84. The molecule has 0 saturated heterocycles. The number of rotatable bonds is 4. The largest absolute Gasteiger partial charge is 0.480 e. The first-order valence-electron chi connectivity index (χ1n) is 6.18. The number of carbonyl (C=O) groups excluding carboxylic acids is 1. The van der Waals surface area contributed by atoms with Crippen molar-refractivity contribution in [1.29, 1.82) is 0 Å². The van der Waals surface area contributed by atoms with Crippen molar-refractivity contribution in [3.8, 4) is 5.75 Å². The SMILES string of the molecule is CC(=O)c1ccc(OC(C)(C)c2nccn2C)cc1. The topological polar surface area (TPSA) is 44.1 Å². The van der Waals surface area contributed by atoms with E-state index in [0.29, 0.717) is 5.56 Å². The highest BCUT2D eigenvalue weighted by Gasteiger charge is 2.27. The first-order valence-corrected chi connectivity index (χ1v) is 6.18. The van der Waals surface area contributed by atoms with E-state index in [1.807, 2.05) is 31.7 Å². The van der Waals surface area contributed by atoms with Gasteiger partial charge in [0.05, 0.1) is 0 Å². The fourth-order valence-corrected chi connectivity index (χ4v) is 2.04. The van der Waals surface area contributed by atoms with Crippen LogP contribution in [0.5, 0.6) is 5.75 Å². The molecule has 4 nitrogen and oxygen atoms in total. The van der Waals surface area contributed by atoms with Crippen molar-refractivity contribution in [2.24, 2.45) is 7.05 Å². The molecule has 0 fully saturated rings. The van der Waals surface area contributed by atoms with Crippen LogP contribution in [-0.4, -0.2) is 15.3 Å². The van der Waals surface area contributed by atoms with Gasteiger partial charge in [0.15, 0.2) is 17.2 Å². The zero-order chi connectivity index (χ0) is 14.0. The summed E-state index contributed by atoms with van der Waals surface area (Å²) >= 11 is 0. The van der Waals surface area contributed by atoms with Gasteiger partial charge >= 0.3 is 0 Å². The highest BCUT2D eigenvalue weighted by Crippen LogP contribution is 2.26. The van der Waals surface area contributed by atoms with Gasteiger partial charge < -0.3 is 9.30 Å². The smallest absolute Gasteiger partial charge is 0.161 e. The maximum atomic E-state index is 11.2. The van der Waals surface area contributed by atoms with E-state index in [0.717, 1.165) is 11.6 Å². The molecule has 0 radical (unpaired) electrons. The lowest BCUT2D eigenvalue weighted by Gasteiger charge is -2.26. The Labute approximate surface area is 113 Å². The quantitative estimate of drug-likeness (QED) is 0.792. The van der Waals surface area contributed by atoms with Gasteiger partial charge in [-0.05, 0) is 45.0 Å². The highest BCUT2D eigenvalue weighted by atomic mass is 16.5. The first-order chi connectivity index (χ1) is 8.90. The van der Waals surface area contributed by atoms with Gasteiger partial charge in [-0.3, -0.25) is 4.79 Å². The molecule has 4 heteroatoms. The molecule has 2 rings (SSSR count). The molecule has 1 heterocycles. The Balaban J connectivity index is 2.21. The van der Waals surface area contributed by atoms with E-state index in [4.69, 9.17) is 4.74 Å². The minimum atomic E-state index is -0.532. The Morgan fingerprint density at radius 1 is 1.26 bits per heavy atom. The number of ether oxygens (including phenoxy) is 1. The monoisotopic (exact) mass is 258 g/mol. The molecule has 0 atom stereocenters. The van der Waals surface area contributed by atoms with Gasteiger partial charge in [-0.25, -0.2) is 4.98 Å². The number of Topliss-reactive ketones (excluding diaryl/α,β-unsaturated/α-hetero) is 1. The molecular weight excluding hydrogens is 240 g/mol. The molecule has 1 aromatic heterocycles. The van der Waals surface area contributed by atoms with Crippen molar-refractivity contribution in [3.63, 3.8) is 0 Å². The molecule has 100 valence electrons. The lowest BCUT2D eigenvalue weighted by Crippen LogP contribution is -2.28. The predicted octanol–water partition coefficient (Wildman–Crippen LogP) is 2.94. The summed E-state index contributed by atoms with van der Waals surface area (Å²) in [6.07, 6.45) is 3.64. The maximum Gasteiger partial charge on any atom is 0.161 e. The Bertz CT molecular complexity index is 582. The number of hydrogen-bond donors (Lipinski definition) is 0. The van der Waals surface area contributed by atoms with Gasteiger partial charge in [-0.1, -0.05) is 0 Å². The number of hydrogen-bond acceptors (Lipinski definition) is 3. The molecular formula is C15H18N2O2. The summed E-state index contributed by atoms with van der Waals surface area (Å²) in [5.74, 6) is 1.62. The van der Waals surface area contributed by atoms with Crippen LogP contribution in [0.4, 0.5) is 0 Å². The standard InChI is InChI=1S/C15H18N2O2/c1-11(18)12-5-7-13(8-6-12)19-15(2,3)14-16-9-10-17(14)4/h5-10H,1-4H3. The Hall–Kier alpha value is -2.10. The number of aromatic nitrogens is 2. The molecule has 0 N–H and O–H groups in total. The lowest BCUT2D eigenvalue weighted by molar-refractivity contribution is 0.0953. The zero-order valence-corrected chi connectivity index (χ0v) is 11.7. The summed E-state index contributed by atoms with van der Waals surface area (Å²) in [5, 5.41) is 0. The van der Waals surface area contributed by atoms with E-state index >= 15 is 0 Å². The highest BCUT2D eigenvalue weighted by molar-refractivity contribution is 5.94. The van der Waals surface area contributed by atoms with Crippen molar-refractivity contribution in [2.75, 3.05) is 0 Å². The van der Waals surface area contributed by atoms with Gasteiger partial charge in [-0.2, -0.15) is 0 Å². The average molecular weight is 258 g/mol. The number of benzene rings is 1. The van der Waals surface area contributed by atoms with Gasteiger partial charge in [-0.15, -0.1) is 0 Å². The van der Waals surface area contributed by atoms with E-state index in [-0.39, 0.29) is 5.78 Å². The number of ketones is 1. The maximum absolute atomic E-state index is 11.2. The van der Waals surface area contributed by atoms with Gasteiger partial charge in [0.2, 0.25) is 0 Å². The van der Waals surface area contributed by atoms with Gasteiger partial charge in [0.25, 0.3) is 0 Å². The van der Waals surface area contributed by atoms with Crippen molar-refractivity contribution in [1.82, 2.24) is 9.55 Å². The summed E-state index contributed by atoms with van der Waals surface area (Å²) < 4.78 is 7.90. The van der Waals surface area contributed by atoms with Crippen LogP contribution in [0.2, 0.25) is 0 Å². The first kappa shape index (κ1) is 13.3. The number of carbonyl (C=O) groups is 1. The second-order valence-corrected chi connectivity index (χ2v) is 5.05. The van der Waals surface area contributed by atoms with E-state index in [9.17, 15) is 4.79 Å². The second kappa shape index (κ2) is 4.88. The minimum Gasteiger partial charge on any atom is -0.480 e. The van der Waals surface area contributed by atoms with Crippen LogP contribution in [0.15, 0.2) is 36.7 Å². The molecule has 19 heavy (non-hydrogen) atoms. The third-order valence-electron chi connectivity index (χ3n) is 2.99. The molecule has 1 aromatic carbocycles. The van der Waals surface area contributed by atoms with Crippen LogP contribution in [0.25, 0.3) is 0 Å². The van der Waals surface area contributed by atoms with Crippen LogP contribution in [0.3, 0.4) is 0 Å². The zero-order valence-electron chi connectivity index (χ0n) is 11.7. The molecule has 0 aliphatic carbocycles. The van der Waals surface area contributed by atoms with Crippen molar-refractivity contribution < 1.29 is 9.53 Å². The van der Waals surface area contributed by atoms with Crippen LogP contribution in [0.1, 0.15) is 37.0 Å². The fraction of sp³-hybridized carbons (Fsp3) is 0.333.